The lowest BCUT2D eigenvalue weighted by Gasteiger charge is -2.25. The van der Waals surface area contributed by atoms with Gasteiger partial charge in [0.15, 0.2) is 0 Å². The number of benzene rings is 1. The van der Waals surface area contributed by atoms with E-state index in [0.717, 1.165) is 10.9 Å². The first-order valence-corrected chi connectivity index (χ1v) is 11.9. The Hall–Kier alpha value is -4.50. The van der Waals surface area contributed by atoms with Gasteiger partial charge in [-0.15, -0.1) is 0 Å². The van der Waals surface area contributed by atoms with E-state index in [2.05, 4.69) is 20.9 Å². The van der Waals surface area contributed by atoms with Crippen LogP contribution in [0, 0.1) is 0 Å². The zero-order valence-corrected chi connectivity index (χ0v) is 21.0. The highest BCUT2D eigenvalue weighted by atomic mass is 16.4. The van der Waals surface area contributed by atoms with E-state index < -0.39 is 85.1 Å². The molecular weight excluding hydrogens is 516 g/mol. The van der Waals surface area contributed by atoms with Crippen molar-refractivity contribution in [1.29, 1.82) is 0 Å². The number of aromatic amines is 1. The quantitative estimate of drug-likeness (QED) is 0.115. The first-order valence-electron chi connectivity index (χ1n) is 11.9. The van der Waals surface area contributed by atoms with E-state index in [9.17, 15) is 39.0 Å². The number of aromatic nitrogens is 1. The summed E-state index contributed by atoms with van der Waals surface area (Å²) in [6, 6.07) is 1.08. The average molecular weight is 549 g/mol. The Bertz CT molecular complexity index is 1230. The first-order chi connectivity index (χ1) is 18.3. The van der Waals surface area contributed by atoms with Crippen LogP contribution in [-0.4, -0.2) is 86.1 Å². The van der Waals surface area contributed by atoms with Gasteiger partial charge in [0.05, 0.1) is 12.5 Å². The number of nitrogens with two attached hydrogens (primary N) is 2. The van der Waals surface area contributed by atoms with E-state index in [-0.39, 0.29) is 6.42 Å². The van der Waals surface area contributed by atoms with E-state index in [4.69, 9.17) is 16.6 Å². The van der Waals surface area contributed by atoms with Crippen LogP contribution in [0.25, 0.3) is 10.9 Å². The molecule has 1 heterocycles. The molecule has 1 aromatic carbocycles. The van der Waals surface area contributed by atoms with Gasteiger partial charge in [-0.2, -0.15) is 0 Å². The predicted molar refractivity (Wildman–Crippen MR) is 136 cm³/mol. The zero-order valence-electron chi connectivity index (χ0n) is 21.0. The molecule has 11 N–H and O–H groups in total. The number of hydrogen-bond acceptors (Lipinski definition) is 8. The molecule has 15 heteroatoms. The summed E-state index contributed by atoms with van der Waals surface area (Å²) in [6.45, 7) is 1.23. The van der Waals surface area contributed by atoms with Crippen molar-refractivity contribution in [1.82, 2.24) is 20.9 Å². The standard InChI is InChI=1S/C24H32N6O9/c1-11(31)20(26)23(37)29-16(9-18(25)32)22(36)28-15(6-7-19(33)34)21(35)30-17(24(38)39)8-12-10-27-14-5-3-2-4-13(12)14/h2-5,10-11,15-17,20,27,31H,6-9,26H2,1H3,(H2,25,32)(H,28,36)(H,29,37)(H,30,35)(H,33,34)(H,38,39). The number of rotatable bonds is 15. The van der Waals surface area contributed by atoms with E-state index >= 15 is 0 Å². The van der Waals surface area contributed by atoms with Crippen LogP contribution in [0.5, 0.6) is 0 Å². The van der Waals surface area contributed by atoms with Crippen LogP contribution in [0.3, 0.4) is 0 Å². The summed E-state index contributed by atoms with van der Waals surface area (Å²) in [5, 5.41) is 35.8. The SMILES string of the molecule is CC(O)C(N)C(=O)NC(CC(N)=O)C(=O)NC(CCC(=O)O)C(=O)NC(Cc1c[nH]c2ccccc12)C(=O)O. The van der Waals surface area contributed by atoms with Gasteiger partial charge in [0.2, 0.25) is 23.6 Å². The molecule has 0 spiro atoms. The number of para-hydroxylation sites is 1. The van der Waals surface area contributed by atoms with Crippen molar-refractivity contribution in [3.05, 3.63) is 36.0 Å². The van der Waals surface area contributed by atoms with E-state index in [1.54, 1.807) is 30.5 Å². The second kappa shape index (κ2) is 13.9. The molecule has 0 bridgehead atoms. The van der Waals surface area contributed by atoms with Crippen molar-refractivity contribution in [2.24, 2.45) is 11.5 Å². The lowest BCUT2D eigenvalue weighted by atomic mass is 10.0. The Morgan fingerprint density at radius 1 is 0.923 bits per heavy atom. The van der Waals surface area contributed by atoms with Crippen LogP contribution in [0.4, 0.5) is 0 Å². The van der Waals surface area contributed by atoms with Crippen LogP contribution in [-0.2, 0) is 35.2 Å². The second-order valence-electron chi connectivity index (χ2n) is 8.95. The third kappa shape index (κ3) is 9.08. The number of carboxylic acid groups (broad SMARTS) is 2. The fourth-order valence-corrected chi connectivity index (χ4v) is 3.70. The number of H-pyrrole nitrogens is 1. The third-order valence-corrected chi connectivity index (χ3v) is 5.85. The fourth-order valence-electron chi connectivity index (χ4n) is 3.70. The number of nitrogens with one attached hydrogen (secondary N) is 4. The number of fused-ring (bicyclic) bond motifs is 1. The molecule has 2 rings (SSSR count). The molecule has 1 aromatic heterocycles. The minimum absolute atomic E-state index is 0.123. The molecule has 15 nitrogen and oxygen atoms in total. The largest absolute Gasteiger partial charge is 0.481 e. The summed E-state index contributed by atoms with van der Waals surface area (Å²) < 4.78 is 0. The number of amides is 4. The number of aliphatic hydroxyl groups excluding tert-OH is 1. The number of aliphatic hydroxyl groups is 1. The lowest BCUT2D eigenvalue weighted by molar-refractivity contribution is -0.143. The molecule has 0 aliphatic carbocycles. The van der Waals surface area contributed by atoms with E-state index in [0.29, 0.717) is 5.56 Å². The minimum Gasteiger partial charge on any atom is -0.481 e. The van der Waals surface area contributed by atoms with Gasteiger partial charge in [-0.1, -0.05) is 18.2 Å². The normalized spacial score (nSPS) is 14.8. The van der Waals surface area contributed by atoms with Gasteiger partial charge >= 0.3 is 11.9 Å². The van der Waals surface area contributed by atoms with Crippen molar-refractivity contribution in [2.75, 3.05) is 0 Å². The maximum absolute atomic E-state index is 13.0. The summed E-state index contributed by atoms with van der Waals surface area (Å²) in [6.07, 6.45) is -1.51. The van der Waals surface area contributed by atoms with Gasteiger partial charge < -0.3 is 47.7 Å². The summed E-state index contributed by atoms with van der Waals surface area (Å²) in [5.41, 5.74) is 12.1. The Labute approximate surface area is 222 Å². The monoisotopic (exact) mass is 548 g/mol. The third-order valence-electron chi connectivity index (χ3n) is 5.85. The Morgan fingerprint density at radius 3 is 2.10 bits per heavy atom. The molecule has 39 heavy (non-hydrogen) atoms. The van der Waals surface area contributed by atoms with Crippen molar-refractivity contribution < 1.29 is 44.1 Å². The molecule has 4 amide bonds. The topological polar surface area (TPSA) is 267 Å². The van der Waals surface area contributed by atoms with E-state index in [1.165, 1.54) is 6.92 Å². The molecule has 0 radical (unpaired) electrons. The summed E-state index contributed by atoms with van der Waals surface area (Å²) >= 11 is 0. The number of carboxylic acids is 2. The molecule has 212 valence electrons. The van der Waals surface area contributed by atoms with Crippen molar-refractivity contribution in [3.8, 4) is 0 Å². The maximum Gasteiger partial charge on any atom is 0.326 e. The molecule has 5 atom stereocenters. The fraction of sp³-hybridized carbons (Fsp3) is 0.417. The maximum atomic E-state index is 13.0. The van der Waals surface area contributed by atoms with Crippen LogP contribution in [0.2, 0.25) is 0 Å². The molecular formula is C24H32N6O9. The number of aliphatic carboxylic acids is 2. The second-order valence-corrected chi connectivity index (χ2v) is 8.95. The summed E-state index contributed by atoms with van der Waals surface area (Å²) in [5.74, 6) is -6.71. The first kappa shape index (κ1) is 30.7. The predicted octanol–water partition coefficient (Wildman–Crippen LogP) is -2.30. The molecule has 0 aliphatic heterocycles. The molecule has 0 fully saturated rings. The summed E-state index contributed by atoms with van der Waals surface area (Å²) in [4.78, 5) is 75.7. The lowest BCUT2D eigenvalue weighted by Crippen LogP contribution is -2.58. The highest BCUT2D eigenvalue weighted by Crippen LogP contribution is 2.19. The molecule has 2 aromatic rings. The van der Waals surface area contributed by atoms with Crippen molar-refractivity contribution in [3.63, 3.8) is 0 Å². The smallest absolute Gasteiger partial charge is 0.326 e. The van der Waals surface area contributed by atoms with Crippen LogP contribution < -0.4 is 27.4 Å². The van der Waals surface area contributed by atoms with Crippen LogP contribution in [0.1, 0.15) is 31.7 Å². The average Bonchev–Trinajstić information content (AvgIpc) is 3.27. The number of carbonyl (C=O) groups is 6. The Balaban J connectivity index is 2.22. The highest BCUT2D eigenvalue weighted by Gasteiger charge is 2.32. The van der Waals surface area contributed by atoms with Crippen LogP contribution in [0.15, 0.2) is 30.5 Å². The van der Waals surface area contributed by atoms with Gasteiger partial charge in [-0.05, 0) is 25.0 Å². The zero-order chi connectivity index (χ0) is 29.3. The van der Waals surface area contributed by atoms with Gasteiger partial charge in [0, 0.05) is 29.9 Å². The number of carbonyl (C=O) groups excluding carboxylic acids is 4. The van der Waals surface area contributed by atoms with Gasteiger partial charge in [0.1, 0.15) is 24.2 Å². The van der Waals surface area contributed by atoms with Crippen molar-refractivity contribution in [2.45, 2.75) is 62.9 Å². The molecule has 0 aliphatic rings. The Kier molecular flexibility index (Phi) is 10.9. The molecule has 0 saturated heterocycles. The number of primary amides is 1. The van der Waals surface area contributed by atoms with Gasteiger partial charge in [-0.25, -0.2) is 4.79 Å². The minimum atomic E-state index is -1.61. The van der Waals surface area contributed by atoms with Gasteiger partial charge in [0.25, 0.3) is 0 Å². The molecule has 0 saturated carbocycles. The van der Waals surface area contributed by atoms with Gasteiger partial charge in [-0.3, -0.25) is 24.0 Å². The Morgan fingerprint density at radius 2 is 1.51 bits per heavy atom. The highest BCUT2D eigenvalue weighted by molar-refractivity contribution is 5.96. The summed E-state index contributed by atoms with van der Waals surface area (Å²) in [7, 11) is 0. The van der Waals surface area contributed by atoms with Crippen molar-refractivity contribution >= 4 is 46.5 Å². The van der Waals surface area contributed by atoms with E-state index in [1.807, 2.05) is 0 Å². The van der Waals surface area contributed by atoms with Crippen LogP contribution >= 0.6 is 0 Å². The number of hydrogen-bond donors (Lipinski definition) is 9. The molecule has 5 unspecified atom stereocenters.